The van der Waals surface area contributed by atoms with Crippen molar-refractivity contribution in [3.63, 3.8) is 0 Å². The van der Waals surface area contributed by atoms with Gasteiger partial charge in [0.25, 0.3) is 0 Å². The first-order valence-electron chi connectivity index (χ1n) is 7.97. The second kappa shape index (κ2) is 7.65. The molecule has 3 aromatic rings. The third-order valence-electron chi connectivity index (χ3n) is 3.89. The number of thioether (sulfide) groups is 1. The van der Waals surface area contributed by atoms with Crippen LogP contribution in [0.3, 0.4) is 0 Å². The minimum atomic E-state index is -0.409. The van der Waals surface area contributed by atoms with E-state index in [1.807, 2.05) is 31.2 Å². The fraction of sp³-hybridized carbons (Fsp3) is 0.222. The van der Waals surface area contributed by atoms with Gasteiger partial charge in [-0.05, 0) is 43.7 Å². The molecule has 0 spiro atoms. The van der Waals surface area contributed by atoms with E-state index in [1.54, 1.807) is 23.6 Å². The van der Waals surface area contributed by atoms with Crippen molar-refractivity contribution in [2.45, 2.75) is 24.3 Å². The van der Waals surface area contributed by atoms with Gasteiger partial charge in [-0.15, -0.1) is 10.2 Å². The average Bonchev–Trinajstić information content (AvgIpc) is 2.96. The quantitative estimate of drug-likeness (QED) is 0.369. The maximum Gasteiger partial charge on any atom is 0.220 e. The van der Waals surface area contributed by atoms with E-state index >= 15 is 0 Å². The largest absolute Gasteiger partial charge is 0.274 e. The number of nitro groups is 1. The highest BCUT2D eigenvalue weighted by atomic mass is 32.2. The standard InChI is InChI=1S/C18H17FN4O2S/c1-12-3-5-14(6-4-12)17(11-22(24)25)26-18-21-20-13(2)23(18)16-9-7-15(19)8-10-16/h3-10,17H,11H2,1-2H3/t17-/m0/s1. The molecule has 0 aliphatic carbocycles. The first kappa shape index (κ1) is 18.1. The Balaban J connectivity index is 1.95. The molecule has 0 N–H and O–H groups in total. The number of benzene rings is 2. The predicted octanol–water partition coefficient (Wildman–Crippen LogP) is 4.13. The van der Waals surface area contributed by atoms with E-state index in [1.165, 1.54) is 23.9 Å². The van der Waals surface area contributed by atoms with Crippen LogP contribution >= 0.6 is 11.8 Å². The molecule has 6 nitrogen and oxygen atoms in total. The van der Waals surface area contributed by atoms with E-state index in [0.29, 0.717) is 16.7 Å². The Morgan fingerprint density at radius 3 is 2.38 bits per heavy atom. The molecule has 0 saturated heterocycles. The van der Waals surface area contributed by atoms with Crippen LogP contribution in [0.25, 0.3) is 5.69 Å². The third-order valence-corrected chi connectivity index (χ3v) is 5.07. The highest BCUT2D eigenvalue weighted by Gasteiger charge is 2.23. The summed E-state index contributed by atoms with van der Waals surface area (Å²) >= 11 is 1.28. The number of nitrogens with zero attached hydrogens (tertiary/aromatic N) is 4. The van der Waals surface area contributed by atoms with Crippen molar-refractivity contribution < 1.29 is 9.31 Å². The summed E-state index contributed by atoms with van der Waals surface area (Å²) in [5.41, 5.74) is 2.65. The van der Waals surface area contributed by atoms with Crippen LogP contribution in [0.5, 0.6) is 0 Å². The Morgan fingerprint density at radius 1 is 1.12 bits per heavy atom. The topological polar surface area (TPSA) is 73.8 Å². The molecule has 3 rings (SSSR count). The van der Waals surface area contributed by atoms with Crippen LogP contribution in [-0.2, 0) is 0 Å². The maximum absolute atomic E-state index is 13.2. The summed E-state index contributed by atoms with van der Waals surface area (Å²) in [6.07, 6.45) is 0. The molecule has 0 bridgehead atoms. The summed E-state index contributed by atoms with van der Waals surface area (Å²) in [4.78, 5) is 10.8. The summed E-state index contributed by atoms with van der Waals surface area (Å²) in [5.74, 6) is 0.294. The summed E-state index contributed by atoms with van der Waals surface area (Å²) in [5, 5.41) is 19.5. The number of hydrogen-bond donors (Lipinski definition) is 0. The lowest BCUT2D eigenvalue weighted by Crippen LogP contribution is -2.11. The van der Waals surface area contributed by atoms with E-state index in [2.05, 4.69) is 10.2 Å². The SMILES string of the molecule is Cc1ccc([C@H](C[N+](=O)[O-])Sc2nnc(C)n2-c2ccc(F)cc2)cc1. The lowest BCUT2D eigenvalue weighted by atomic mass is 10.1. The molecule has 1 atom stereocenters. The zero-order valence-corrected chi connectivity index (χ0v) is 15.1. The Kier molecular flexibility index (Phi) is 5.32. The molecule has 1 heterocycles. The van der Waals surface area contributed by atoms with E-state index < -0.39 is 5.25 Å². The van der Waals surface area contributed by atoms with Crippen LogP contribution in [0.1, 0.15) is 22.2 Å². The fourth-order valence-electron chi connectivity index (χ4n) is 2.56. The molecule has 26 heavy (non-hydrogen) atoms. The van der Waals surface area contributed by atoms with Gasteiger partial charge in [0.05, 0.1) is 0 Å². The van der Waals surface area contributed by atoms with Crippen molar-refractivity contribution in [2.24, 2.45) is 0 Å². The summed E-state index contributed by atoms with van der Waals surface area (Å²) in [7, 11) is 0. The van der Waals surface area contributed by atoms with E-state index in [4.69, 9.17) is 0 Å². The van der Waals surface area contributed by atoms with Crippen LogP contribution in [-0.4, -0.2) is 26.2 Å². The molecule has 134 valence electrons. The molecular formula is C18H17FN4O2S. The van der Waals surface area contributed by atoms with Crippen molar-refractivity contribution >= 4 is 11.8 Å². The molecule has 0 aliphatic heterocycles. The molecular weight excluding hydrogens is 355 g/mol. The van der Waals surface area contributed by atoms with Gasteiger partial charge < -0.3 is 0 Å². The number of aryl methyl sites for hydroxylation is 2. The van der Waals surface area contributed by atoms with Crippen LogP contribution in [0.4, 0.5) is 4.39 Å². The monoisotopic (exact) mass is 372 g/mol. The molecule has 2 aromatic carbocycles. The first-order valence-corrected chi connectivity index (χ1v) is 8.85. The highest BCUT2D eigenvalue weighted by molar-refractivity contribution is 7.99. The predicted molar refractivity (Wildman–Crippen MR) is 97.7 cm³/mol. The van der Waals surface area contributed by atoms with Gasteiger partial charge in [-0.1, -0.05) is 41.6 Å². The molecule has 0 radical (unpaired) electrons. The van der Waals surface area contributed by atoms with Gasteiger partial charge in [-0.25, -0.2) is 4.39 Å². The van der Waals surface area contributed by atoms with Gasteiger partial charge in [0.15, 0.2) is 5.16 Å². The molecule has 1 aromatic heterocycles. The van der Waals surface area contributed by atoms with Crippen molar-refractivity contribution in [1.29, 1.82) is 0 Å². The van der Waals surface area contributed by atoms with Crippen LogP contribution in [0, 0.1) is 29.8 Å². The molecule has 0 unspecified atom stereocenters. The minimum absolute atomic E-state index is 0.233. The first-order chi connectivity index (χ1) is 12.4. The van der Waals surface area contributed by atoms with Gasteiger partial charge in [0, 0.05) is 10.6 Å². The normalized spacial score (nSPS) is 12.1. The molecule has 0 fully saturated rings. The Bertz CT molecular complexity index is 910. The number of hydrogen-bond acceptors (Lipinski definition) is 5. The number of halogens is 1. The van der Waals surface area contributed by atoms with Gasteiger partial charge in [-0.3, -0.25) is 14.7 Å². The molecule has 0 amide bonds. The van der Waals surface area contributed by atoms with Crippen molar-refractivity contribution in [1.82, 2.24) is 14.8 Å². The Morgan fingerprint density at radius 2 is 1.77 bits per heavy atom. The zero-order chi connectivity index (χ0) is 18.7. The van der Waals surface area contributed by atoms with Crippen LogP contribution in [0.15, 0.2) is 53.7 Å². The number of rotatable bonds is 6. The zero-order valence-electron chi connectivity index (χ0n) is 14.3. The Hall–Kier alpha value is -2.74. The van der Waals surface area contributed by atoms with E-state index in [-0.39, 0.29) is 17.3 Å². The van der Waals surface area contributed by atoms with Crippen LogP contribution < -0.4 is 0 Å². The second-order valence-electron chi connectivity index (χ2n) is 5.87. The fourth-order valence-corrected chi connectivity index (χ4v) is 3.74. The van der Waals surface area contributed by atoms with E-state index in [9.17, 15) is 14.5 Å². The van der Waals surface area contributed by atoms with Gasteiger partial charge >= 0.3 is 0 Å². The van der Waals surface area contributed by atoms with E-state index in [0.717, 1.165) is 11.1 Å². The summed E-state index contributed by atoms with van der Waals surface area (Å²) < 4.78 is 15.0. The van der Waals surface area contributed by atoms with Crippen molar-refractivity contribution in [3.05, 3.63) is 81.4 Å². The summed E-state index contributed by atoms with van der Waals surface area (Å²) in [6.45, 7) is 3.52. The van der Waals surface area contributed by atoms with Gasteiger partial charge in [-0.2, -0.15) is 0 Å². The second-order valence-corrected chi connectivity index (χ2v) is 7.04. The molecule has 8 heteroatoms. The Labute approximate surface area is 154 Å². The smallest absolute Gasteiger partial charge is 0.220 e. The molecule has 0 saturated carbocycles. The summed E-state index contributed by atoms with van der Waals surface area (Å²) in [6, 6.07) is 13.6. The third kappa shape index (κ3) is 4.08. The van der Waals surface area contributed by atoms with Crippen molar-refractivity contribution in [2.75, 3.05) is 6.54 Å². The lowest BCUT2D eigenvalue weighted by Gasteiger charge is -2.14. The van der Waals surface area contributed by atoms with Crippen molar-refractivity contribution in [3.8, 4) is 5.69 Å². The minimum Gasteiger partial charge on any atom is -0.274 e. The highest BCUT2D eigenvalue weighted by Crippen LogP contribution is 2.36. The average molecular weight is 372 g/mol. The number of aromatic nitrogens is 3. The van der Waals surface area contributed by atoms with Gasteiger partial charge in [0.2, 0.25) is 6.54 Å². The maximum atomic E-state index is 13.2. The van der Waals surface area contributed by atoms with Gasteiger partial charge in [0.1, 0.15) is 16.9 Å². The molecule has 0 aliphatic rings. The van der Waals surface area contributed by atoms with Crippen LogP contribution in [0.2, 0.25) is 0 Å². The lowest BCUT2D eigenvalue weighted by molar-refractivity contribution is -0.479.